The van der Waals surface area contributed by atoms with E-state index in [1.165, 1.54) is 17.3 Å². The first-order valence-corrected chi connectivity index (χ1v) is 13.4. The molecule has 1 aromatic heterocycles. The van der Waals surface area contributed by atoms with Crippen molar-refractivity contribution in [2.75, 3.05) is 17.7 Å². The molecule has 1 atom stereocenters. The molecule has 37 heavy (non-hydrogen) atoms. The maximum absolute atomic E-state index is 12.7. The van der Waals surface area contributed by atoms with E-state index in [0.717, 1.165) is 29.3 Å². The first-order chi connectivity index (χ1) is 18.1. The molecule has 4 rings (SSSR count). The molecule has 8 heteroatoms. The van der Waals surface area contributed by atoms with Crippen LogP contribution in [0.2, 0.25) is 0 Å². The Morgan fingerprint density at radius 1 is 0.919 bits per heavy atom. The average molecular weight is 517 g/mol. The number of nitrogens with one attached hydrogen (secondary N) is 1. The molecule has 0 saturated carbocycles. The van der Waals surface area contributed by atoms with Gasteiger partial charge in [-0.3, -0.25) is 9.36 Å². The van der Waals surface area contributed by atoms with E-state index in [0.29, 0.717) is 23.5 Å². The Morgan fingerprint density at radius 3 is 2.30 bits per heavy atom. The molecule has 4 aromatic rings. The van der Waals surface area contributed by atoms with Gasteiger partial charge in [-0.05, 0) is 73.4 Å². The van der Waals surface area contributed by atoms with Crippen molar-refractivity contribution >= 4 is 23.4 Å². The van der Waals surface area contributed by atoms with Gasteiger partial charge in [0.2, 0.25) is 5.91 Å². The highest BCUT2D eigenvalue weighted by molar-refractivity contribution is 7.99. The van der Waals surface area contributed by atoms with E-state index in [4.69, 9.17) is 9.47 Å². The molecule has 0 aliphatic heterocycles. The Balaban J connectivity index is 1.47. The molecule has 1 unspecified atom stereocenters. The summed E-state index contributed by atoms with van der Waals surface area (Å²) in [6.07, 6.45) is 1.08. The van der Waals surface area contributed by atoms with E-state index in [-0.39, 0.29) is 18.3 Å². The molecule has 1 N–H and O–H groups in total. The maximum atomic E-state index is 12.7. The molecule has 0 aliphatic rings. The number of hydrogen-bond acceptors (Lipinski definition) is 6. The highest BCUT2D eigenvalue weighted by atomic mass is 32.2. The minimum absolute atomic E-state index is 0.107. The predicted octanol–water partition coefficient (Wildman–Crippen LogP) is 6.49. The second-order valence-corrected chi connectivity index (χ2v) is 9.47. The number of aromatic nitrogens is 3. The second kappa shape index (κ2) is 13.0. The van der Waals surface area contributed by atoms with Gasteiger partial charge in [-0.2, -0.15) is 0 Å². The highest BCUT2D eigenvalue weighted by Gasteiger charge is 2.17. The highest BCUT2D eigenvalue weighted by Crippen LogP contribution is 2.26. The number of carbonyl (C=O) groups is 1. The number of para-hydroxylation sites is 1. The fourth-order valence-corrected chi connectivity index (χ4v) is 4.50. The molecule has 1 heterocycles. The second-order valence-electron chi connectivity index (χ2n) is 8.53. The molecule has 0 radical (unpaired) electrons. The summed E-state index contributed by atoms with van der Waals surface area (Å²) in [7, 11) is 0. The Labute approximate surface area is 222 Å². The summed E-state index contributed by atoms with van der Waals surface area (Å²) in [6.45, 7) is 7.15. The van der Waals surface area contributed by atoms with Gasteiger partial charge in [-0.1, -0.05) is 55.9 Å². The monoisotopic (exact) mass is 516 g/mol. The predicted molar refractivity (Wildman–Crippen MR) is 148 cm³/mol. The number of anilines is 1. The van der Waals surface area contributed by atoms with Crippen molar-refractivity contribution in [3.63, 3.8) is 0 Å². The van der Waals surface area contributed by atoms with E-state index in [2.05, 4.69) is 41.5 Å². The quantitative estimate of drug-likeness (QED) is 0.217. The number of benzene rings is 3. The van der Waals surface area contributed by atoms with E-state index < -0.39 is 0 Å². The Kier molecular flexibility index (Phi) is 9.21. The van der Waals surface area contributed by atoms with Crippen molar-refractivity contribution in [3.05, 3.63) is 90.3 Å². The van der Waals surface area contributed by atoms with Crippen LogP contribution in [0.5, 0.6) is 11.5 Å². The topological polar surface area (TPSA) is 78.3 Å². The van der Waals surface area contributed by atoms with E-state index >= 15 is 0 Å². The summed E-state index contributed by atoms with van der Waals surface area (Å²) in [6, 6.07) is 25.3. The first-order valence-electron chi connectivity index (χ1n) is 12.4. The molecule has 0 aliphatic carbocycles. The van der Waals surface area contributed by atoms with Gasteiger partial charge in [0.25, 0.3) is 0 Å². The van der Waals surface area contributed by atoms with Gasteiger partial charge in [0.15, 0.2) is 11.0 Å². The zero-order valence-electron chi connectivity index (χ0n) is 21.4. The molecule has 192 valence electrons. The molecular formula is C29H32N4O3S. The molecule has 0 saturated heterocycles. The Morgan fingerprint density at radius 2 is 1.62 bits per heavy atom. The van der Waals surface area contributed by atoms with Crippen LogP contribution in [-0.2, 0) is 11.4 Å². The van der Waals surface area contributed by atoms with Gasteiger partial charge < -0.3 is 14.8 Å². The van der Waals surface area contributed by atoms with Gasteiger partial charge in [0, 0.05) is 11.4 Å². The molecule has 3 aromatic carbocycles. The zero-order valence-corrected chi connectivity index (χ0v) is 22.2. The molecule has 0 bridgehead atoms. The fraction of sp³-hybridized carbons (Fsp3) is 0.276. The van der Waals surface area contributed by atoms with Gasteiger partial charge in [-0.15, -0.1) is 10.2 Å². The molecular weight excluding hydrogens is 484 g/mol. The fourth-order valence-electron chi connectivity index (χ4n) is 3.73. The minimum Gasteiger partial charge on any atom is -0.494 e. The van der Waals surface area contributed by atoms with Crippen LogP contribution in [0.3, 0.4) is 0 Å². The van der Waals surface area contributed by atoms with Gasteiger partial charge in [-0.25, -0.2) is 0 Å². The van der Waals surface area contributed by atoms with E-state index in [1.54, 1.807) is 0 Å². The molecule has 0 spiro atoms. The number of amides is 1. The normalized spacial score (nSPS) is 11.6. The lowest BCUT2D eigenvalue weighted by Crippen LogP contribution is -2.15. The molecule has 7 nitrogen and oxygen atoms in total. The summed E-state index contributed by atoms with van der Waals surface area (Å²) in [5.74, 6) is 2.75. The zero-order chi connectivity index (χ0) is 26.0. The number of nitrogens with zero attached hydrogens (tertiary/aromatic N) is 3. The summed E-state index contributed by atoms with van der Waals surface area (Å²) >= 11 is 1.33. The Hall–Kier alpha value is -3.78. The minimum atomic E-state index is -0.107. The van der Waals surface area contributed by atoms with Crippen LogP contribution in [0, 0.1) is 0 Å². The van der Waals surface area contributed by atoms with Crippen molar-refractivity contribution in [1.82, 2.24) is 14.8 Å². The summed E-state index contributed by atoms with van der Waals surface area (Å²) < 4.78 is 13.4. The van der Waals surface area contributed by atoms with Crippen molar-refractivity contribution in [1.29, 1.82) is 0 Å². The largest absolute Gasteiger partial charge is 0.494 e. The third-order valence-corrected chi connectivity index (χ3v) is 6.85. The SMILES string of the molecule is CCOc1ccc(-n2c(COc3ccccc3)nnc2SCC(=O)Nc2ccc(C(C)CC)cc2)cc1. The third-order valence-electron chi connectivity index (χ3n) is 5.93. The van der Waals surface area contributed by atoms with Crippen molar-refractivity contribution in [2.45, 2.75) is 44.9 Å². The lowest BCUT2D eigenvalue weighted by molar-refractivity contribution is -0.113. The first kappa shape index (κ1) is 26.3. The van der Waals surface area contributed by atoms with Crippen LogP contribution in [0.15, 0.2) is 84.0 Å². The maximum Gasteiger partial charge on any atom is 0.234 e. The molecule has 1 amide bonds. The Bertz CT molecular complexity index is 1280. The van der Waals surface area contributed by atoms with Crippen LogP contribution in [0.1, 0.15) is 44.5 Å². The van der Waals surface area contributed by atoms with Crippen LogP contribution < -0.4 is 14.8 Å². The number of hydrogen-bond donors (Lipinski definition) is 1. The third kappa shape index (κ3) is 7.13. The van der Waals surface area contributed by atoms with Crippen LogP contribution >= 0.6 is 11.8 Å². The summed E-state index contributed by atoms with van der Waals surface area (Å²) in [5, 5.41) is 12.3. The van der Waals surface area contributed by atoms with Crippen LogP contribution in [-0.4, -0.2) is 33.0 Å². The van der Waals surface area contributed by atoms with Gasteiger partial charge >= 0.3 is 0 Å². The van der Waals surface area contributed by atoms with Crippen molar-refractivity contribution < 1.29 is 14.3 Å². The van der Waals surface area contributed by atoms with Crippen molar-refractivity contribution in [2.24, 2.45) is 0 Å². The standard InChI is InChI=1S/C29H32N4O3S/c1-4-21(3)22-11-13-23(14-12-22)30-28(34)20-37-29-32-31-27(19-36-25-9-7-6-8-10-25)33(29)24-15-17-26(18-16-24)35-5-2/h6-18,21H,4-5,19-20H2,1-3H3,(H,30,34). The van der Waals surface area contributed by atoms with Crippen molar-refractivity contribution in [3.8, 4) is 17.2 Å². The lowest BCUT2D eigenvalue weighted by Gasteiger charge is -2.12. The van der Waals surface area contributed by atoms with Crippen LogP contribution in [0.25, 0.3) is 5.69 Å². The average Bonchev–Trinajstić information content (AvgIpc) is 3.34. The molecule has 0 fully saturated rings. The smallest absolute Gasteiger partial charge is 0.234 e. The summed E-state index contributed by atoms with van der Waals surface area (Å²) in [5.41, 5.74) is 2.91. The van der Waals surface area contributed by atoms with Gasteiger partial charge in [0.05, 0.1) is 12.4 Å². The number of carbonyl (C=O) groups excluding carboxylic acids is 1. The van der Waals surface area contributed by atoms with E-state index in [1.807, 2.05) is 78.2 Å². The summed E-state index contributed by atoms with van der Waals surface area (Å²) in [4.78, 5) is 12.7. The number of thioether (sulfide) groups is 1. The van der Waals surface area contributed by atoms with E-state index in [9.17, 15) is 4.79 Å². The van der Waals surface area contributed by atoms with Gasteiger partial charge in [0.1, 0.15) is 18.1 Å². The van der Waals surface area contributed by atoms with Crippen LogP contribution in [0.4, 0.5) is 5.69 Å². The number of rotatable bonds is 12. The number of ether oxygens (including phenoxy) is 2. The lowest BCUT2D eigenvalue weighted by atomic mass is 9.99.